The average molecular weight is 283 g/mol. The molecule has 0 atom stereocenters. The number of hydrogen-bond donors (Lipinski definition) is 1. The van der Waals surface area contributed by atoms with E-state index in [1.165, 1.54) is 0 Å². The molecule has 0 saturated carbocycles. The highest BCUT2D eigenvalue weighted by Gasteiger charge is 2.07. The number of rotatable bonds is 3. The van der Waals surface area contributed by atoms with Gasteiger partial charge in [-0.25, -0.2) is 0 Å². The Labute approximate surface area is 116 Å². The van der Waals surface area contributed by atoms with Crippen LogP contribution in [0.4, 0.5) is 0 Å². The number of aliphatic hydroxyl groups excluding tert-OH is 1. The van der Waals surface area contributed by atoms with Gasteiger partial charge in [-0.1, -0.05) is 35.3 Å². The Morgan fingerprint density at radius 2 is 1.83 bits per heavy atom. The van der Waals surface area contributed by atoms with Gasteiger partial charge >= 0.3 is 0 Å². The molecular weight excluding hydrogens is 271 g/mol. The summed E-state index contributed by atoms with van der Waals surface area (Å²) in [5.74, 6) is 1.21. The molecule has 2 nitrogen and oxygen atoms in total. The molecule has 94 valence electrons. The molecule has 0 heterocycles. The maximum absolute atomic E-state index is 9.01. The van der Waals surface area contributed by atoms with Crippen LogP contribution >= 0.6 is 23.2 Å². The molecule has 0 aliphatic heterocycles. The van der Waals surface area contributed by atoms with Crippen LogP contribution in [-0.2, 0) is 6.61 Å². The monoisotopic (exact) mass is 282 g/mol. The van der Waals surface area contributed by atoms with E-state index in [1.807, 2.05) is 13.0 Å². The van der Waals surface area contributed by atoms with Crippen LogP contribution in [0.3, 0.4) is 0 Å². The van der Waals surface area contributed by atoms with E-state index in [-0.39, 0.29) is 6.61 Å². The van der Waals surface area contributed by atoms with Crippen molar-refractivity contribution < 1.29 is 9.84 Å². The highest BCUT2D eigenvalue weighted by Crippen LogP contribution is 2.33. The Hall–Kier alpha value is -1.22. The van der Waals surface area contributed by atoms with E-state index < -0.39 is 0 Å². The van der Waals surface area contributed by atoms with Crippen molar-refractivity contribution in [3.8, 4) is 11.5 Å². The van der Waals surface area contributed by atoms with Gasteiger partial charge in [0.1, 0.15) is 11.5 Å². The second-order valence-electron chi connectivity index (χ2n) is 3.93. The first kappa shape index (κ1) is 13.2. The predicted octanol–water partition coefficient (Wildman–Crippen LogP) is 4.59. The second kappa shape index (κ2) is 5.61. The number of benzene rings is 2. The molecule has 0 amide bonds. The van der Waals surface area contributed by atoms with Crippen LogP contribution in [0.15, 0.2) is 36.4 Å². The van der Waals surface area contributed by atoms with Crippen molar-refractivity contribution in [3.63, 3.8) is 0 Å². The normalized spacial score (nSPS) is 10.4. The van der Waals surface area contributed by atoms with Gasteiger partial charge in [0.2, 0.25) is 0 Å². The molecule has 0 radical (unpaired) electrons. The lowest BCUT2D eigenvalue weighted by atomic mass is 10.2. The SMILES string of the molecule is Cc1ccc(Cl)cc1Oc1ccc(CO)cc1Cl. The highest BCUT2D eigenvalue weighted by molar-refractivity contribution is 6.32. The molecule has 4 heteroatoms. The van der Waals surface area contributed by atoms with Gasteiger partial charge in [0.15, 0.2) is 0 Å². The van der Waals surface area contributed by atoms with Gasteiger partial charge in [-0.2, -0.15) is 0 Å². The minimum absolute atomic E-state index is 0.0454. The summed E-state index contributed by atoms with van der Waals surface area (Å²) in [6.45, 7) is 1.89. The third-order valence-electron chi connectivity index (χ3n) is 2.55. The van der Waals surface area contributed by atoms with Crippen LogP contribution in [0.25, 0.3) is 0 Å². The maximum atomic E-state index is 9.01. The van der Waals surface area contributed by atoms with Crippen molar-refractivity contribution in [2.75, 3.05) is 0 Å². The first-order chi connectivity index (χ1) is 8.60. The van der Waals surface area contributed by atoms with E-state index in [0.717, 1.165) is 11.1 Å². The number of aryl methyl sites for hydroxylation is 1. The average Bonchev–Trinajstić information content (AvgIpc) is 2.36. The molecule has 0 aliphatic rings. The molecule has 0 bridgehead atoms. The number of halogens is 2. The summed E-state index contributed by atoms with van der Waals surface area (Å²) >= 11 is 12.0. The zero-order valence-corrected chi connectivity index (χ0v) is 11.3. The van der Waals surface area contributed by atoms with Gasteiger partial charge in [0, 0.05) is 5.02 Å². The zero-order valence-electron chi connectivity index (χ0n) is 9.78. The Balaban J connectivity index is 2.31. The fourth-order valence-electron chi connectivity index (χ4n) is 1.53. The molecule has 0 spiro atoms. The molecule has 18 heavy (non-hydrogen) atoms. The van der Waals surface area contributed by atoms with Crippen LogP contribution in [0.5, 0.6) is 11.5 Å². The lowest BCUT2D eigenvalue weighted by molar-refractivity contribution is 0.281. The number of hydrogen-bond acceptors (Lipinski definition) is 2. The topological polar surface area (TPSA) is 29.5 Å². The van der Waals surface area contributed by atoms with Crippen LogP contribution in [0.1, 0.15) is 11.1 Å². The van der Waals surface area contributed by atoms with Gasteiger partial charge in [0.25, 0.3) is 0 Å². The van der Waals surface area contributed by atoms with Crippen molar-refractivity contribution in [3.05, 3.63) is 57.6 Å². The Kier molecular flexibility index (Phi) is 4.12. The summed E-state index contributed by atoms with van der Waals surface area (Å²) in [5.41, 5.74) is 1.72. The van der Waals surface area contributed by atoms with Gasteiger partial charge in [-0.15, -0.1) is 0 Å². The fourth-order valence-corrected chi connectivity index (χ4v) is 1.93. The molecular formula is C14H12Cl2O2. The van der Waals surface area contributed by atoms with Crippen molar-refractivity contribution in [1.29, 1.82) is 0 Å². The lowest BCUT2D eigenvalue weighted by Gasteiger charge is -2.11. The van der Waals surface area contributed by atoms with Crippen LogP contribution < -0.4 is 4.74 Å². The minimum atomic E-state index is -0.0454. The highest BCUT2D eigenvalue weighted by atomic mass is 35.5. The summed E-state index contributed by atoms with van der Waals surface area (Å²) in [6, 6.07) is 10.6. The third-order valence-corrected chi connectivity index (χ3v) is 3.08. The molecule has 2 aromatic carbocycles. The van der Waals surface area contributed by atoms with Gasteiger partial charge in [0.05, 0.1) is 11.6 Å². The lowest BCUT2D eigenvalue weighted by Crippen LogP contribution is -1.90. The maximum Gasteiger partial charge on any atom is 0.146 e. The van der Waals surface area contributed by atoms with E-state index in [4.69, 9.17) is 33.0 Å². The third kappa shape index (κ3) is 2.96. The molecule has 1 N–H and O–H groups in total. The molecule has 0 aromatic heterocycles. The van der Waals surface area contributed by atoms with Gasteiger partial charge in [-0.3, -0.25) is 0 Å². The summed E-state index contributed by atoms with van der Waals surface area (Å²) in [5, 5.41) is 10.1. The van der Waals surface area contributed by atoms with E-state index in [1.54, 1.807) is 30.3 Å². The van der Waals surface area contributed by atoms with Crippen LogP contribution in [-0.4, -0.2) is 5.11 Å². The van der Waals surface area contributed by atoms with Gasteiger partial charge < -0.3 is 9.84 Å². The Morgan fingerprint density at radius 3 is 2.50 bits per heavy atom. The largest absolute Gasteiger partial charge is 0.455 e. The molecule has 0 saturated heterocycles. The quantitative estimate of drug-likeness (QED) is 0.893. The van der Waals surface area contributed by atoms with Crippen molar-refractivity contribution in [2.45, 2.75) is 13.5 Å². The van der Waals surface area contributed by atoms with E-state index in [9.17, 15) is 0 Å². The molecule has 2 rings (SSSR count). The standard InChI is InChI=1S/C14H12Cl2O2/c1-9-2-4-11(15)7-14(9)18-13-5-3-10(8-17)6-12(13)16/h2-7,17H,8H2,1H3. The van der Waals surface area contributed by atoms with Crippen molar-refractivity contribution in [2.24, 2.45) is 0 Å². The molecule has 0 fully saturated rings. The molecule has 2 aromatic rings. The zero-order chi connectivity index (χ0) is 13.1. The van der Waals surface area contributed by atoms with Crippen molar-refractivity contribution in [1.82, 2.24) is 0 Å². The Morgan fingerprint density at radius 1 is 1.06 bits per heavy atom. The number of aliphatic hydroxyl groups is 1. The fraction of sp³-hybridized carbons (Fsp3) is 0.143. The van der Waals surface area contributed by atoms with E-state index >= 15 is 0 Å². The molecule has 0 aliphatic carbocycles. The smallest absolute Gasteiger partial charge is 0.146 e. The first-order valence-electron chi connectivity index (χ1n) is 5.43. The summed E-state index contributed by atoms with van der Waals surface area (Å²) in [6.07, 6.45) is 0. The summed E-state index contributed by atoms with van der Waals surface area (Å²) in [4.78, 5) is 0. The van der Waals surface area contributed by atoms with Crippen molar-refractivity contribution >= 4 is 23.2 Å². The second-order valence-corrected chi connectivity index (χ2v) is 4.78. The van der Waals surface area contributed by atoms with Crippen LogP contribution in [0.2, 0.25) is 10.0 Å². The van der Waals surface area contributed by atoms with E-state index in [2.05, 4.69) is 0 Å². The number of ether oxygens (including phenoxy) is 1. The summed E-state index contributed by atoms with van der Waals surface area (Å²) < 4.78 is 5.72. The van der Waals surface area contributed by atoms with Crippen LogP contribution in [0, 0.1) is 6.92 Å². The summed E-state index contributed by atoms with van der Waals surface area (Å²) in [7, 11) is 0. The predicted molar refractivity (Wildman–Crippen MR) is 73.6 cm³/mol. The first-order valence-corrected chi connectivity index (χ1v) is 6.19. The minimum Gasteiger partial charge on any atom is -0.455 e. The molecule has 0 unspecified atom stereocenters. The van der Waals surface area contributed by atoms with E-state index in [0.29, 0.717) is 21.5 Å². The Bertz CT molecular complexity index is 568. The van der Waals surface area contributed by atoms with Gasteiger partial charge in [-0.05, 0) is 42.3 Å².